The molecule has 7 heteroatoms. The van der Waals surface area contributed by atoms with Crippen LogP contribution in [0.15, 0.2) is 28.8 Å². The van der Waals surface area contributed by atoms with Gasteiger partial charge in [0.05, 0.1) is 6.54 Å². The number of aromatic nitrogens is 2. The van der Waals surface area contributed by atoms with Crippen molar-refractivity contribution in [3.05, 3.63) is 36.0 Å². The van der Waals surface area contributed by atoms with Crippen LogP contribution in [0.25, 0.3) is 11.4 Å². The molecule has 0 aliphatic carbocycles. The highest BCUT2D eigenvalue weighted by atomic mass is 19.1. The smallest absolute Gasteiger partial charge is 0.241 e. The molecule has 1 aromatic carbocycles. The minimum atomic E-state index is -0.292. The van der Waals surface area contributed by atoms with Gasteiger partial charge >= 0.3 is 0 Å². The average molecular weight is 360 g/mol. The highest BCUT2D eigenvalue weighted by molar-refractivity contribution is 5.78. The van der Waals surface area contributed by atoms with Crippen molar-refractivity contribution in [3.8, 4) is 11.4 Å². The third-order valence-electron chi connectivity index (χ3n) is 4.94. The van der Waals surface area contributed by atoms with E-state index in [-0.39, 0.29) is 17.6 Å². The number of halogens is 1. The van der Waals surface area contributed by atoms with Crippen molar-refractivity contribution in [2.45, 2.75) is 33.2 Å². The van der Waals surface area contributed by atoms with Crippen LogP contribution >= 0.6 is 0 Å². The van der Waals surface area contributed by atoms with Crippen LogP contribution in [0, 0.1) is 11.7 Å². The zero-order valence-electron chi connectivity index (χ0n) is 15.3. The molecular formula is C19H25FN4O2. The minimum absolute atomic E-state index is 0.114. The maximum Gasteiger partial charge on any atom is 0.241 e. The van der Waals surface area contributed by atoms with E-state index in [1.54, 1.807) is 12.1 Å². The third kappa shape index (κ3) is 4.27. The fourth-order valence-electron chi connectivity index (χ4n) is 3.36. The number of piperidine rings is 1. The SMILES string of the molecule is CCN(CC)C(=O)C1CCN(Cc2nc(-c3ccc(F)cc3)no2)CC1. The van der Waals surface area contributed by atoms with Crippen LogP contribution in [0.5, 0.6) is 0 Å². The number of hydrogen-bond donors (Lipinski definition) is 0. The quantitative estimate of drug-likeness (QED) is 0.793. The van der Waals surface area contributed by atoms with Gasteiger partial charge in [0, 0.05) is 24.6 Å². The molecule has 26 heavy (non-hydrogen) atoms. The van der Waals surface area contributed by atoms with E-state index in [4.69, 9.17) is 4.52 Å². The van der Waals surface area contributed by atoms with E-state index >= 15 is 0 Å². The standard InChI is InChI=1S/C19H25FN4O2/c1-3-24(4-2)19(25)15-9-11-23(12-10-15)13-17-21-18(22-26-17)14-5-7-16(20)8-6-14/h5-8,15H,3-4,9-13H2,1-2H3. The van der Waals surface area contributed by atoms with E-state index < -0.39 is 0 Å². The number of hydrogen-bond acceptors (Lipinski definition) is 5. The van der Waals surface area contributed by atoms with Crippen LogP contribution in [0.2, 0.25) is 0 Å². The van der Waals surface area contributed by atoms with Crippen molar-refractivity contribution in [2.24, 2.45) is 5.92 Å². The second-order valence-corrected chi connectivity index (χ2v) is 6.58. The van der Waals surface area contributed by atoms with Gasteiger partial charge in [-0.2, -0.15) is 4.98 Å². The number of likely N-dealkylation sites (tertiary alicyclic amines) is 1. The Bertz CT molecular complexity index is 719. The van der Waals surface area contributed by atoms with Crippen molar-refractivity contribution in [1.29, 1.82) is 0 Å². The third-order valence-corrected chi connectivity index (χ3v) is 4.94. The monoisotopic (exact) mass is 360 g/mol. The predicted molar refractivity (Wildman–Crippen MR) is 95.6 cm³/mol. The van der Waals surface area contributed by atoms with Gasteiger partial charge in [-0.05, 0) is 64.0 Å². The van der Waals surface area contributed by atoms with Gasteiger partial charge in [-0.1, -0.05) is 5.16 Å². The Labute approximate surface area is 153 Å². The summed E-state index contributed by atoms with van der Waals surface area (Å²) >= 11 is 0. The molecule has 1 aliphatic rings. The summed E-state index contributed by atoms with van der Waals surface area (Å²) in [6.45, 7) is 7.82. The lowest BCUT2D eigenvalue weighted by Crippen LogP contribution is -2.42. The molecule has 1 fully saturated rings. The average Bonchev–Trinajstić information content (AvgIpc) is 3.12. The number of rotatable bonds is 6. The predicted octanol–water partition coefficient (Wildman–Crippen LogP) is 2.96. The summed E-state index contributed by atoms with van der Waals surface area (Å²) in [4.78, 5) is 21.0. The fourth-order valence-corrected chi connectivity index (χ4v) is 3.36. The summed E-state index contributed by atoms with van der Waals surface area (Å²) in [5.41, 5.74) is 0.727. The molecule has 140 valence electrons. The van der Waals surface area contributed by atoms with Gasteiger partial charge in [0.2, 0.25) is 17.6 Å². The molecule has 0 radical (unpaired) electrons. The molecule has 1 amide bonds. The van der Waals surface area contributed by atoms with Gasteiger partial charge in [0.15, 0.2) is 0 Å². The van der Waals surface area contributed by atoms with Crippen molar-refractivity contribution in [3.63, 3.8) is 0 Å². The molecule has 0 saturated carbocycles. The molecule has 1 aromatic heterocycles. The van der Waals surface area contributed by atoms with Crippen LogP contribution < -0.4 is 0 Å². The normalized spacial score (nSPS) is 16.0. The van der Waals surface area contributed by atoms with Gasteiger partial charge in [-0.3, -0.25) is 9.69 Å². The van der Waals surface area contributed by atoms with Crippen LogP contribution in [0.4, 0.5) is 4.39 Å². The van der Waals surface area contributed by atoms with E-state index in [9.17, 15) is 9.18 Å². The number of amides is 1. The van der Waals surface area contributed by atoms with E-state index in [0.717, 1.165) is 44.6 Å². The summed E-state index contributed by atoms with van der Waals surface area (Å²) in [6, 6.07) is 6.02. The lowest BCUT2D eigenvalue weighted by Gasteiger charge is -2.32. The first-order valence-electron chi connectivity index (χ1n) is 9.20. The topological polar surface area (TPSA) is 62.5 Å². The Morgan fingerprint density at radius 2 is 1.88 bits per heavy atom. The molecular weight excluding hydrogens is 335 g/mol. The summed E-state index contributed by atoms with van der Waals surface area (Å²) in [5, 5.41) is 3.97. The molecule has 0 unspecified atom stereocenters. The van der Waals surface area contributed by atoms with E-state index in [2.05, 4.69) is 15.0 Å². The summed E-state index contributed by atoms with van der Waals surface area (Å²) in [7, 11) is 0. The molecule has 0 atom stereocenters. The first-order chi connectivity index (χ1) is 12.6. The Kier molecular flexibility index (Phi) is 5.98. The van der Waals surface area contributed by atoms with Crippen LogP contribution in [0.1, 0.15) is 32.6 Å². The highest BCUT2D eigenvalue weighted by Crippen LogP contribution is 2.22. The van der Waals surface area contributed by atoms with E-state index in [1.165, 1.54) is 12.1 Å². The minimum Gasteiger partial charge on any atom is -0.343 e. The van der Waals surface area contributed by atoms with Gasteiger partial charge in [0.1, 0.15) is 5.82 Å². The first-order valence-corrected chi connectivity index (χ1v) is 9.20. The van der Waals surface area contributed by atoms with Crippen LogP contribution in [-0.4, -0.2) is 52.0 Å². The molecule has 2 aromatic rings. The second-order valence-electron chi connectivity index (χ2n) is 6.58. The zero-order chi connectivity index (χ0) is 18.5. The summed E-state index contributed by atoms with van der Waals surface area (Å²) in [6.07, 6.45) is 1.71. The molecule has 0 bridgehead atoms. The second kappa shape index (κ2) is 8.40. The van der Waals surface area contributed by atoms with Crippen molar-refractivity contribution in [2.75, 3.05) is 26.2 Å². The molecule has 0 N–H and O–H groups in total. The molecule has 2 heterocycles. The Morgan fingerprint density at radius 3 is 2.50 bits per heavy atom. The van der Waals surface area contributed by atoms with Gasteiger partial charge in [0.25, 0.3) is 0 Å². The molecule has 1 aliphatic heterocycles. The maximum atomic E-state index is 13.0. The van der Waals surface area contributed by atoms with Crippen molar-refractivity contribution in [1.82, 2.24) is 19.9 Å². The van der Waals surface area contributed by atoms with Gasteiger partial charge in [-0.15, -0.1) is 0 Å². The van der Waals surface area contributed by atoms with Crippen LogP contribution in [-0.2, 0) is 11.3 Å². The van der Waals surface area contributed by atoms with Crippen LogP contribution in [0.3, 0.4) is 0 Å². The molecule has 6 nitrogen and oxygen atoms in total. The Balaban J connectivity index is 1.54. The Hall–Kier alpha value is -2.28. The lowest BCUT2D eigenvalue weighted by molar-refractivity contribution is -0.136. The summed E-state index contributed by atoms with van der Waals surface area (Å²) in [5.74, 6) is 1.10. The number of carbonyl (C=O) groups is 1. The maximum absolute atomic E-state index is 13.0. The lowest BCUT2D eigenvalue weighted by atomic mass is 9.95. The molecule has 0 spiro atoms. The highest BCUT2D eigenvalue weighted by Gasteiger charge is 2.28. The van der Waals surface area contributed by atoms with Crippen molar-refractivity contribution < 1.29 is 13.7 Å². The van der Waals surface area contributed by atoms with E-state index in [0.29, 0.717) is 18.3 Å². The van der Waals surface area contributed by atoms with E-state index in [1.807, 2.05) is 18.7 Å². The number of nitrogens with zero attached hydrogens (tertiary/aromatic N) is 4. The summed E-state index contributed by atoms with van der Waals surface area (Å²) < 4.78 is 18.3. The molecule has 1 saturated heterocycles. The van der Waals surface area contributed by atoms with Gasteiger partial charge < -0.3 is 9.42 Å². The largest absolute Gasteiger partial charge is 0.343 e. The zero-order valence-corrected chi connectivity index (χ0v) is 15.3. The molecule has 3 rings (SSSR count). The number of benzene rings is 1. The number of carbonyl (C=O) groups excluding carboxylic acids is 1. The van der Waals surface area contributed by atoms with Crippen molar-refractivity contribution >= 4 is 5.91 Å². The fraction of sp³-hybridized carbons (Fsp3) is 0.526. The van der Waals surface area contributed by atoms with Gasteiger partial charge in [-0.25, -0.2) is 4.39 Å². The Morgan fingerprint density at radius 1 is 1.23 bits per heavy atom. The first kappa shape index (κ1) is 18.5.